The van der Waals surface area contributed by atoms with Crippen molar-refractivity contribution in [3.63, 3.8) is 0 Å². The van der Waals surface area contributed by atoms with E-state index >= 15 is 0 Å². The smallest absolute Gasteiger partial charge is 0.208 e. The second-order valence-corrected chi connectivity index (χ2v) is 7.08. The summed E-state index contributed by atoms with van der Waals surface area (Å²) in [5, 5.41) is 9.27. The van der Waals surface area contributed by atoms with Crippen LogP contribution in [0.3, 0.4) is 0 Å². The predicted molar refractivity (Wildman–Crippen MR) is 77.5 cm³/mol. The maximum absolute atomic E-state index is 6.22. The SMILES string of the molecule is CC(C)COC1[C@H]2CCC[C@H]1CN(c1nncs1)C2. The highest BCUT2D eigenvalue weighted by molar-refractivity contribution is 7.13. The Morgan fingerprint density at radius 1 is 1.37 bits per heavy atom. The number of anilines is 1. The number of hydrogen-bond acceptors (Lipinski definition) is 5. The van der Waals surface area contributed by atoms with Gasteiger partial charge in [-0.2, -0.15) is 0 Å². The molecule has 0 aromatic carbocycles. The molecule has 0 unspecified atom stereocenters. The zero-order valence-corrected chi connectivity index (χ0v) is 12.6. The van der Waals surface area contributed by atoms with Gasteiger partial charge >= 0.3 is 0 Å². The van der Waals surface area contributed by atoms with Gasteiger partial charge in [0.15, 0.2) is 0 Å². The summed E-state index contributed by atoms with van der Waals surface area (Å²) in [5.41, 5.74) is 1.83. The van der Waals surface area contributed by atoms with Crippen LogP contribution >= 0.6 is 11.3 Å². The second kappa shape index (κ2) is 5.75. The molecule has 0 amide bonds. The van der Waals surface area contributed by atoms with Crippen molar-refractivity contribution in [2.45, 2.75) is 39.2 Å². The van der Waals surface area contributed by atoms with Gasteiger partial charge in [-0.15, -0.1) is 10.2 Å². The fourth-order valence-corrected chi connectivity index (χ4v) is 4.00. The Hall–Kier alpha value is -0.680. The first-order valence-corrected chi connectivity index (χ1v) is 8.24. The maximum atomic E-state index is 6.22. The van der Waals surface area contributed by atoms with Crippen molar-refractivity contribution in [2.75, 3.05) is 24.6 Å². The minimum absolute atomic E-state index is 0.473. The fraction of sp³-hybridized carbons (Fsp3) is 0.857. The van der Waals surface area contributed by atoms with Gasteiger partial charge in [-0.05, 0) is 18.8 Å². The van der Waals surface area contributed by atoms with Gasteiger partial charge in [0.1, 0.15) is 5.51 Å². The molecule has 106 valence electrons. The fourth-order valence-electron chi connectivity index (χ4n) is 3.42. The Morgan fingerprint density at radius 2 is 2.11 bits per heavy atom. The molecule has 4 nitrogen and oxygen atoms in total. The summed E-state index contributed by atoms with van der Waals surface area (Å²) in [4.78, 5) is 2.42. The Morgan fingerprint density at radius 3 is 2.68 bits per heavy atom. The van der Waals surface area contributed by atoms with E-state index in [1.807, 2.05) is 5.51 Å². The van der Waals surface area contributed by atoms with E-state index in [0.717, 1.165) is 24.8 Å². The molecule has 2 fully saturated rings. The molecule has 3 rings (SSSR count). The third kappa shape index (κ3) is 2.92. The highest BCUT2D eigenvalue weighted by Gasteiger charge is 2.40. The van der Waals surface area contributed by atoms with Crippen molar-refractivity contribution >= 4 is 16.5 Å². The van der Waals surface area contributed by atoms with Crippen LogP contribution < -0.4 is 4.90 Å². The Labute approximate surface area is 119 Å². The van der Waals surface area contributed by atoms with E-state index in [9.17, 15) is 0 Å². The van der Waals surface area contributed by atoms with E-state index in [4.69, 9.17) is 4.74 Å². The lowest BCUT2D eigenvalue weighted by molar-refractivity contribution is -0.0647. The first kappa shape index (κ1) is 13.3. The van der Waals surface area contributed by atoms with Crippen LogP contribution in [0.25, 0.3) is 0 Å². The Balaban J connectivity index is 1.67. The van der Waals surface area contributed by atoms with Gasteiger partial charge in [0.25, 0.3) is 0 Å². The van der Waals surface area contributed by atoms with Crippen LogP contribution in [0.15, 0.2) is 5.51 Å². The standard InChI is InChI=1S/C14H23N3OS/c1-10(2)8-18-13-11-4-3-5-12(13)7-17(6-11)14-16-15-9-19-14/h9-13H,3-8H2,1-2H3/t11-,12-/m0/s1. The van der Waals surface area contributed by atoms with Gasteiger partial charge in [-0.25, -0.2) is 0 Å². The first-order valence-electron chi connectivity index (χ1n) is 7.36. The van der Waals surface area contributed by atoms with E-state index in [0.29, 0.717) is 23.9 Å². The van der Waals surface area contributed by atoms with Gasteiger partial charge in [-0.3, -0.25) is 0 Å². The molecule has 0 spiro atoms. The molecule has 2 heterocycles. The van der Waals surface area contributed by atoms with Crippen molar-refractivity contribution in [1.82, 2.24) is 10.2 Å². The van der Waals surface area contributed by atoms with E-state index in [1.54, 1.807) is 11.3 Å². The van der Waals surface area contributed by atoms with Gasteiger partial charge in [0, 0.05) is 31.5 Å². The molecule has 1 aromatic rings. The number of ether oxygens (including phenoxy) is 1. The van der Waals surface area contributed by atoms with Crippen LogP contribution in [0.5, 0.6) is 0 Å². The summed E-state index contributed by atoms with van der Waals surface area (Å²) in [7, 11) is 0. The first-order chi connectivity index (χ1) is 9.24. The third-order valence-corrected chi connectivity index (χ3v) is 4.98. The molecule has 2 atom stereocenters. The third-order valence-electron chi connectivity index (χ3n) is 4.23. The van der Waals surface area contributed by atoms with Crippen LogP contribution in [0.1, 0.15) is 33.1 Å². The molecule has 1 aliphatic heterocycles. The van der Waals surface area contributed by atoms with Crippen molar-refractivity contribution in [1.29, 1.82) is 0 Å². The maximum Gasteiger partial charge on any atom is 0.208 e. The minimum atomic E-state index is 0.473. The van der Waals surface area contributed by atoms with Gasteiger partial charge in [0.05, 0.1) is 6.10 Å². The zero-order chi connectivity index (χ0) is 13.2. The molecular formula is C14H23N3OS. The topological polar surface area (TPSA) is 38.2 Å². The summed E-state index contributed by atoms with van der Waals surface area (Å²) in [6, 6.07) is 0. The molecule has 1 saturated heterocycles. The molecule has 2 bridgehead atoms. The summed E-state index contributed by atoms with van der Waals surface area (Å²) in [5.74, 6) is 1.98. The molecule has 19 heavy (non-hydrogen) atoms. The molecule has 2 aliphatic rings. The summed E-state index contributed by atoms with van der Waals surface area (Å²) in [6.45, 7) is 7.54. The number of hydrogen-bond donors (Lipinski definition) is 0. The van der Waals surface area contributed by atoms with Gasteiger partial charge in [-0.1, -0.05) is 31.6 Å². The highest BCUT2D eigenvalue weighted by atomic mass is 32.1. The quantitative estimate of drug-likeness (QED) is 0.850. The van der Waals surface area contributed by atoms with Crippen LogP contribution in [0.2, 0.25) is 0 Å². The summed E-state index contributed by atoms with van der Waals surface area (Å²) >= 11 is 1.65. The summed E-state index contributed by atoms with van der Waals surface area (Å²) in [6.07, 6.45) is 4.43. The van der Waals surface area contributed by atoms with Crippen LogP contribution in [0, 0.1) is 17.8 Å². The van der Waals surface area contributed by atoms with Crippen molar-refractivity contribution < 1.29 is 4.74 Å². The van der Waals surface area contributed by atoms with E-state index in [1.165, 1.54) is 19.3 Å². The highest BCUT2D eigenvalue weighted by Crippen LogP contribution is 2.38. The zero-order valence-electron chi connectivity index (χ0n) is 11.8. The van der Waals surface area contributed by atoms with Gasteiger partial charge < -0.3 is 9.64 Å². The normalized spacial score (nSPS) is 30.9. The molecule has 5 heteroatoms. The predicted octanol–water partition coefficient (Wildman–Crippen LogP) is 2.82. The average Bonchev–Trinajstić information content (AvgIpc) is 2.88. The molecule has 0 radical (unpaired) electrons. The Bertz CT molecular complexity index is 381. The van der Waals surface area contributed by atoms with E-state index in [-0.39, 0.29) is 0 Å². The van der Waals surface area contributed by atoms with Crippen molar-refractivity contribution in [3.05, 3.63) is 5.51 Å². The van der Waals surface area contributed by atoms with Crippen LogP contribution in [-0.4, -0.2) is 36.0 Å². The number of piperidine rings is 1. The molecule has 1 aliphatic carbocycles. The molecule has 1 saturated carbocycles. The van der Waals surface area contributed by atoms with E-state index in [2.05, 4.69) is 28.9 Å². The second-order valence-electron chi connectivity index (χ2n) is 6.27. The Kier molecular flexibility index (Phi) is 4.03. The molecule has 0 N–H and O–H groups in total. The van der Waals surface area contributed by atoms with E-state index < -0.39 is 0 Å². The number of nitrogens with zero attached hydrogens (tertiary/aromatic N) is 3. The summed E-state index contributed by atoms with van der Waals surface area (Å²) < 4.78 is 6.22. The number of rotatable bonds is 4. The van der Waals surface area contributed by atoms with Gasteiger partial charge in [0.2, 0.25) is 5.13 Å². The lowest BCUT2D eigenvalue weighted by Gasteiger charge is -2.47. The average molecular weight is 281 g/mol. The number of aromatic nitrogens is 2. The minimum Gasteiger partial charge on any atom is -0.377 e. The van der Waals surface area contributed by atoms with Crippen molar-refractivity contribution in [3.8, 4) is 0 Å². The number of fused-ring (bicyclic) bond motifs is 2. The monoisotopic (exact) mass is 281 g/mol. The van der Waals surface area contributed by atoms with Crippen molar-refractivity contribution in [2.24, 2.45) is 17.8 Å². The van der Waals surface area contributed by atoms with Crippen LogP contribution in [-0.2, 0) is 4.74 Å². The lowest BCUT2D eigenvalue weighted by Crippen LogP contribution is -2.52. The molecular weight excluding hydrogens is 258 g/mol. The molecule has 1 aromatic heterocycles. The largest absolute Gasteiger partial charge is 0.377 e. The van der Waals surface area contributed by atoms with Crippen LogP contribution in [0.4, 0.5) is 5.13 Å². The lowest BCUT2D eigenvalue weighted by atomic mass is 9.75.